The standard InChI is InChI=1S/C14H10BrN3O2/c15-7-13(19)14-11-4-3-9(6-12(11)17-18-14)20-10-2-1-5-16-8-10/h1-6,8H,7H2,(H,17,18). The highest BCUT2D eigenvalue weighted by molar-refractivity contribution is 9.09. The number of nitrogens with zero attached hydrogens (tertiary/aromatic N) is 2. The van der Waals surface area contributed by atoms with Gasteiger partial charge in [-0.05, 0) is 24.3 Å². The first kappa shape index (κ1) is 12.8. The van der Waals surface area contributed by atoms with E-state index in [2.05, 4.69) is 31.1 Å². The van der Waals surface area contributed by atoms with Crippen LogP contribution in [-0.2, 0) is 0 Å². The zero-order chi connectivity index (χ0) is 13.9. The lowest BCUT2D eigenvalue weighted by Gasteiger charge is -2.04. The van der Waals surface area contributed by atoms with E-state index in [0.717, 1.165) is 10.9 Å². The van der Waals surface area contributed by atoms with E-state index in [-0.39, 0.29) is 11.1 Å². The molecule has 20 heavy (non-hydrogen) atoms. The van der Waals surface area contributed by atoms with E-state index in [0.29, 0.717) is 17.2 Å². The predicted octanol–water partition coefficient (Wildman–Crippen LogP) is 3.33. The van der Waals surface area contributed by atoms with Crippen molar-refractivity contribution in [2.45, 2.75) is 0 Å². The molecule has 0 aliphatic heterocycles. The second-order valence-corrected chi connectivity index (χ2v) is 4.69. The average Bonchev–Trinajstić information content (AvgIpc) is 2.90. The molecule has 100 valence electrons. The third-order valence-electron chi connectivity index (χ3n) is 2.79. The second-order valence-electron chi connectivity index (χ2n) is 4.13. The van der Waals surface area contributed by atoms with Crippen molar-refractivity contribution in [3.05, 3.63) is 48.4 Å². The number of fused-ring (bicyclic) bond motifs is 1. The molecule has 1 aromatic carbocycles. The van der Waals surface area contributed by atoms with E-state index in [4.69, 9.17) is 4.74 Å². The lowest BCUT2D eigenvalue weighted by molar-refractivity contribution is 0.102. The molecule has 6 heteroatoms. The molecule has 0 amide bonds. The number of ether oxygens (including phenoxy) is 1. The highest BCUT2D eigenvalue weighted by Gasteiger charge is 2.13. The summed E-state index contributed by atoms with van der Waals surface area (Å²) in [7, 11) is 0. The smallest absolute Gasteiger partial charge is 0.194 e. The number of carbonyl (C=O) groups is 1. The number of hydrogen-bond donors (Lipinski definition) is 1. The van der Waals surface area contributed by atoms with Crippen LogP contribution in [0.5, 0.6) is 11.5 Å². The Labute approximate surface area is 123 Å². The molecule has 2 heterocycles. The van der Waals surface area contributed by atoms with Crippen LogP contribution in [-0.4, -0.2) is 26.3 Å². The molecule has 3 aromatic rings. The van der Waals surface area contributed by atoms with Gasteiger partial charge in [0, 0.05) is 17.6 Å². The number of hydrogen-bond acceptors (Lipinski definition) is 4. The first-order valence-electron chi connectivity index (χ1n) is 5.93. The monoisotopic (exact) mass is 331 g/mol. The zero-order valence-electron chi connectivity index (χ0n) is 10.3. The summed E-state index contributed by atoms with van der Waals surface area (Å²) in [6.07, 6.45) is 3.32. The molecule has 5 nitrogen and oxygen atoms in total. The molecule has 0 spiro atoms. The Bertz CT molecular complexity index is 755. The maximum atomic E-state index is 11.7. The molecule has 1 N–H and O–H groups in total. The van der Waals surface area contributed by atoms with Crippen molar-refractivity contribution in [1.82, 2.24) is 15.2 Å². The SMILES string of the molecule is O=C(CBr)c1n[nH]c2cc(Oc3cccnc3)ccc12. The van der Waals surface area contributed by atoms with Gasteiger partial charge in [0.1, 0.15) is 17.2 Å². The van der Waals surface area contributed by atoms with Gasteiger partial charge < -0.3 is 4.74 Å². The van der Waals surface area contributed by atoms with Crippen LogP contribution in [0.25, 0.3) is 10.9 Å². The van der Waals surface area contributed by atoms with E-state index < -0.39 is 0 Å². The number of carbonyl (C=O) groups excluding carboxylic acids is 1. The number of alkyl halides is 1. The topological polar surface area (TPSA) is 67.9 Å². The largest absolute Gasteiger partial charge is 0.456 e. The van der Waals surface area contributed by atoms with E-state index in [9.17, 15) is 4.79 Å². The van der Waals surface area contributed by atoms with Crippen molar-refractivity contribution < 1.29 is 9.53 Å². The maximum Gasteiger partial charge on any atom is 0.194 e. The number of halogens is 1. The molecule has 3 rings (SSSR count). The molecule has 0 unspecified atom stereocenters. The van der Waals surface area contributed by atoms with E-state index >= 15 is 0 Å². The zero-order valence-corrected chi connectivity index (χ0v) is 11.9. The summed E-state index contributed by atoms with van der Waals surface area (Å²) in [6, 6.07) is 9.05. The van der Waals surface area contributed by atoms with Gasteiger partial charge in [-0.1, -0.05) is 15.9 Å². The molecule has 0 aliphatic rings. The molecular weight excluding hydrogens is 322 g/mol. The van der Waals surface area contributed by atoms with Gasteiger partial charge in [-0.3, -0.25) is 14.9 Å². The molecule has 0 fully saturated rings. The number of benzene rings is 1. The minimum absolute atomic E-state index is 0.0582. The van der Waals surface area contributed by atoms with Crippen LogP contribution >= 0.6 is 15.9 Å². The van der Waals surface area contributed by atoms with Gasteiger partial charge in [0.2, 0.25) is 0 Å². The fourth-order valence-corrected chi connectivity index (χ4v) is 2.15. The highest BCUT2D eigenvalue weighted by Crippen LogP contribution is 2.25. The van der Waals surface area contributed by atoms with Crippen molar-refractivity contribution in [2.75, 3.05) is 5.33 Å². The number of H-pyrrole nitrogens is 1. The highest BCUT2D eigenvalue weighted by atomic mass is 79.9. The van der Waals surface area contributed by atoms with Crippen molar-refractivity contribution >= 4 is 32.6 Å². The van der Waals surface area contributed by atoms with Crippen LogP contribution in [0.1, 0.15) is 10.5 Å². The van der Waals surface area contributed by atoms with Crippen LogP contribution in [0.3, 0.4) is 0 Å². The van der Waals surface area contributed by atoms with Gasteiger partial charge in [-0.25, -0.2) is 0 Å². The average molecular weight is 332 g/mol. The van der Waals surface area contributed by atoms with Gasteiger partial charge in [0.05, 0.1) is 17.0 Å². The minimum Gasteiger partial charge on any atom is -0.456 e. The van der Waals surface area contributed by atoms with Gasteiger partial charge in [-0.2, -0.15) is 5.10 Å². The molecule has 2 aromatic heterocycles. The summed E-state index contributed by atoms with van der Waals surface area (Å²) in [5, 5.41) is 7.92. The van der Waals surface area contributed by atoms with Crippen LogP contribution in [0.4, 0.5) is 0 Å². The number of pyridine rings is 1. The van der Waals surface area contributed by atoms with Crippen LogP contribution in [0, 0.1) is 0 Å². The third kappa shape index (κ3) is 2.42. The molecule has 0 aliphatic carbocycles. The summed E-state index contributed by atoms with van der Waals surface area (Å²) in [6.45, 7) is 0. The van der Waals surface area contributed by atoms with Crippen molar-refractivity contribution in [3.63, 3.8) is 0 Å². The predicted molar refractivity (Wildman–Crippen MR) is 78.5 cm³/mol. The van der Waals surface area contributed by atoms with Gasteiger partial charge in [0.15, 0.2) is 5.78 Å². The number of aromatic nitrogens is 3. The Balaban J connectivity index is 1.94. The van der Waals surface area contributed by atoms with Crippen LogP contribution in [0.2, 0.25) is 0 Å². The third-order valence-corrected chi connectivity index (χ3v) is 3.30. The minimum atomic E-state index is -0.0582. The number of Topliss-reactive ketones (excluding diaryl/α,β-unsaturated/α-hetero) is 1. The van der Waals surface area contributed by atoms with Crippen molar-refractivity contribution in [1.29, 1.82) is 0 Å². The first-order valence-corrected chi connectivity index (χ1v) is 7.05. The van der Waals surface area contributed by atoms with Gasteiger partial charge >= 0.3 is 0 Å². The maximum absolute atomic E-state index is 11.7. The lowest BCUT2D eigenvalue weighted by atomic mass is 10.1. The normalized spacial score (nSPS) is 10.7. The van der Waals surface area contributed by atoms with E-state index in [1.807, 2.05) is 12.1 Å². The van der Waals surface area contributed by atoms with Crippen molar-refractivity contribution in [2.24, 2.45) is 0 Å². The summed E-state index contributed by atoms with van der Waals surface area (Å²) in [5.41, 5.74) is 1.19. The first-order chi connectivity index (χ1) is 9.78. The quantitative estimate of drug-likeness (QED) is 0.588. The molecule has 0 atom stereocenters. The Morgan fingerprint density at radius 1 is 1.30 bits per heavy atom. The summed E-state index contributed by atoms with van der Waals surface area (Å²) < 4.78 is 5.68. The summed E-state index contributed by atoms with van der Waals surface area (Å²) in [4.78, 5) is 15.7. The number of nitrogens with one attached hydrogen (secondary N) is 1. The summed E-state index contributed by atoms with van der Waals surface area (Å²) >= 11 is 3.15. The Morgan fingerprint density at radius 3 is 2.95 bits per heavy atom. The van der Waals surface area contributed by atoms with E-state index in [1.165, 1.54) is 0 Å². The molecule has 0 saturated heterocycles. The number of rotatable bonds is 4. The molecule has 0 bridgehead atoms. The molecule has 0 radical (unpaired) electrons. The Kier molecular flexibility index (Phi) is 3.47. The van der Waals surface area contributed by atoms with Gasteiger partial charge in [-0.15, -0.1) is 0 Å². The lowest BCUT2D eigenvalue weighted by Crippen LogP contribution is -2.00. The fraction of sp³-hybridized carbons (Fsp3) is 0.0714. The van der Waals surface area contributed by atoms with E-state index in [1.54, 1.807) is 30.6 Å². The molecular formula is C14H10BrN3O2. The number of aromatic amines is 1. The van der Waals surface area contributed by atoms with Crippen molar-refractivity contribution in [3.8, 4) is 11.5 Å². The second kappa shape index (κ2) is 5.42. The summed E-state index contributed by atoms with van der Waals surface area (Å²) in [5.74, 6) is 1.26. The van der Waals surface area contributed by atoms with Gasteiger partial charge in [0.25, 0.3) is 0 Å². The number of ketones is 1. The van der Waals surface area contributed by atoms with Crippen LogP contribution in [0.15, 0.2) is 42.7 Å². The molecule has 0 saturated carbocycles. The van der Waals surface area contributed by atoms with Crippen LogP contribution < -0.4 is 4.74 Å². The Morgan fingerprint density at radius 2 is 2.20 bits per heavy atom. The fourth-order valence-electron chi connectivity index (χ4n) is 1.88. The Hall–Kier alpha value is -2.21.